The summed E-state index contributed by atoms with van der Waals surface area (Å²) < 4.78 is 12.0. The first-order valence-corrected chi connectivity index (χ1v) is 11.2. The van der Waals surface area contributed by atoms with E-state index in [0.29, 0.717) is 28.0 Å². The number of halogens is 1. The molecular formula is C23H24ClN5O3. The van der Waals surface area contributed by atoms with Crippen molar-refractivity contribution in [3.8, 4) is 11.9 Å². The van der Waals surface area contributed by atoms with Crippen molar-refractivity contribution in [1.82, 2.24) is 14.9 Å². The predicted octanol–water partition coefficient (Wildman–Crippen LogP) is 4.73. The van der Waals surface area contributed by atoms with Gasteiger partial charge in [0, 0.05) is 12.5 Å². The quantitative estimate of drug-likeness (QED) is 0.698. The summed E-state index contributed by atoms with van der Waals surface area (Å²) in [6.45, 7) is 3.86. The van der Waals surface area contributed by atoms with Gasteiger partial charge in [0.1, 0.15) is 23.9 Å². The van der Waals surface area contributed by atoms with E-state index in [1.165, 1.54) is 6.33 Å². The molecule has 2 aliphatic heterocycles. The zero-order valence-corrected chi connectivity index (χ0v) is 18.7. The molecule has 1 aromatic heterocycles. The normalized spacial score (nSPS) is 24.7. The highest BCUT2D eigenvalue weighted by atomic mass is 35.5. The molecule has 32 heavy (non-hydrogen) atoms. The molecule has 3 fully saturated rings. The number of amides is 1. The van der Waals surface area contributed by atoms with E-state index in [1.807, 2.05) is 18.7 Å². The molecule has 166 valence electrons. The third kappa shape index (κ3) is 3.82. The van der Waals surface area contributed by atoms with Gasteiger partial charge in [0.05, 0.1) is 33.9 Å². The Morgan fingerprint density at radius 1 is 1.34 bits per heavy atom. The monoisotopic (exact) mass is 453 g/mol. The second-order valence-corrected chi connectivity index (χ2v) is 9.41. The van der Waals surface area contributed by atoms with Gasteiger partial charge in [-0.2, -0.15) is 5.26 Å². The molecule has 2 saturated heterocycles. The van der Waals surface area contributed by atoms with Gasteiger partial charge in [-0.15, -0.1) is 0 Å². The van der Waals surface area contributed by atoms with Crippen LogP contribution < -0.4 is 10.1 Å². The largest absolute Gasteiger partial charge is 0.472 e. The second kappa shape index (κ2) is 7.82. The average molecular weight is 454 g/mol. The number of nitrogens with one attached hydrogen (secondary N) is 1. The summed E-state index contributed by atoms with van der Waals surface area (Å²) in [7, 11) is 0. The fourth-order valence-corrected chi connectivity index (χ4v) is 4.75. The molecule has 8 nitrogen and oxygen atoms in total. The number of nitrogens with zero attached hydrogens (tertiary/aromatic N) is 4. The van der Waals surface area contributed by atoms with E-state index in [9.17, 15) is 4.79 Å². The topological polar surface area (TPSA) is 100 Å². The summed E-state index contributed by atoms with van der Waals surface area (Å²) in [5.41, 5.74) is 1.58. The lowest BCUT2D eigenvalue weighted by Crippen LogP contribution is -2.41. The number of aromatic nitrogens is 2. The number of anilines is 2. The van der Waals surface area contributed by atoms with Crippen molar-refractivity contribution in [2.45, 2.75) is 69.7 Å². The van der Waals surface area contributed by atoms with Crippen molar-refractivity contribution in [3.05, 3.63) is 40.7 Å². The Kier molecular flexibility index (Phi) is 5.09. The molecule has 1 N–H and O–H groups in total. The van der Waals surface area contributed by atoms with E-state index in [4.69, 9.17) is 26.3 Å². The minimum absolute atomic E-state index is 0.00593. The summed E-state index contributed by atoms with van der Waals surface area (Å²) >= 11 is 6.29. The molecule has 1 saturated carbocycles. The number of hydrogen-bond donors (Lipinski definition) is 1. The van der Waals surface area contributed by atoms with E-state index in [-0.39, 0.29) is 29.9 Å². The maximum atomic E-state index is 12.7. The third-order valence-electron chi connectivity index (χ3n) is 6.63. The van der Waals surface area contributed by atoms with E-state index >= 15 is 0 Å². The van der Waals surface area contributed by atoms with Gasteiger partial charge < -0.3 is 14.8 Å². The lowest BCUT2D eigenvalue weighted by Gasteiger charge is -2.26. The minimum atomic E-state index is -0.286. The predicted molar refractivity (Wildman–Crippen MR) is 118 cm³/mol. The average Bonchev–Trinajstić information content (AvgIpc) is 3.20. The lowest BCUT2D eigenvalue weighted by molar-refractivity contribution is 0.0482. The Bertz CT molecular complexity index is 1110. The maximum absolute atomic E-state index is 12.7. The van der Waals surface area contributed by atoms with Crippen LogP contribution in [0.1, 0.15) is 50.2 Å². The van der Waals surface area contributed by atoms with Crippen LogP contribution in [0.2, 0.25) is 5.02 Å². The molecule has 5 rings (SSSR count). The molecule has 1 amide bonds. The number of benzene rings is 1. The van der Waals surface area contributed by atoms with Crippen molar-refractivity contribution < 1.29 is 14.3 Å². The van der Waals surface area contributed by atoms with Crippen molar-refractivity contribution in [3.63, 3.8) is 0 Å². The van der Waals surface area contributed by atoms with Crippen LogP contribution in [0.25, 0.3) is 0 Å². The summed E-state index contributed by atoms with van der Waals surface area (Å²) in [5.74, 6) is 1.05. The van der Waals surface area contributed by atoms with Crippen LogP contribution >= 0.6 is 11.6 Å². The number of nitriles is 1. The van der Waals surface area contributed by atoms with Gasteiger partial charge in [0.15, 0.2) is 0 Å². The van der Waals surface area contributed by atoms with Crippen LogP contribution in [0.5, 0.6) is 5.88 Å². The van der Waals surface area contributed by atoms with E-state index in [0.717, 1.165) is 37.7 Å². The second-order valence-electron chi connectivity index (χ2n) is 9.00. The van der Waals surface area contributed by atoms with Crippen LogP contribution in [-0.2, 0) is 4.74 Å². The summed E-state index contributed by atoms with van der Waals surface area (Å²) in [6.07, 6.45) is 5.59. The summed E-state index contributed by atoms with van der Waals surface area (Å²) in [6, 6.07) is 7.24. The molecule has 9 heteroatoms. The number of fused-ring (bicyclic) bond motifs is 2. The first-order chi connectivity index (χ1) is 15.4. The van der Waals surface area contributed by atoms with Gasteiger partial charge in [-0.1, -0.05) is 11.6 Å². The van der Waals surface area contributed by atoms with E-state index in [2.05, 4.69) is 21.4 Å². The Morgan fingerprint density at radius 2 is 2.16 bits per heavy atom. The molecule has 3 aliphatic rings. The standard InChI is InChI=1S/C23H24ClN5O3/c1-13-20(28-17-5-3-14(11-25)9-16(17)24)26-12-27-21(13)31-19-10-15-4-6-18(19)29(15)22(30)32-23(2)7-8-23/h3,5,9,12,15,18-19H,4,6-8,10H2,1-2H3,(H,26,27,28)/t15?,18?,19-/m0/s1. The van der Waals surface area contributed by atoms with Gasteiger partial charge in [-0.05, 0) is 57.7 Å². The zero-order chi connectivity index (χ0) is 22.5. The number of hydrogen-bond acceptors (Lipinski definition) is 7. The number of carbonyl (C=O) groups excluding carboxylic acids is 1. The van der Waals surface area contributed by atoms with Crippen molar-refractivity contribution >= 4 is 29.2 Å². The SMILES string of the molecule is Cc1c(Nc2ccc(C#N)cc2Cl)ncnc1O[C@H]1CC2CCC1N2C(=O)OC1(C)CC1. The van der Waals surface area contributed by atoms with Crippen molar-refractivity contribution in [2.24, 2.45) is 0 Å². The molecular weight excluding hydrogens is 430 g/mol. The zero-order valence-electron chi connectivity index (χ0n) is 18.0. The highest BCUT2D eigenvalue weighted by Gasteiger charge is 2.53. The first-order valence-electron chi connectivity index (χ1n) is 10.8. The van der Waals surface area contributed by atoms with Crippen LogP contribution in [0.15, 0.2) is 24.5 Å². The van der Waals surface area contributed by atoms with Crippen LogP contribution in [0.4, 0.5) is 16.3 Å². The fraction of sp³-hybridized carbons (Fsp3) is 0.478. The summed E-state index contributed by atoms with van der Waals surface area (Å²) in [4.78, 5) is 23.3. The van der Waals surface area contributed by atoms with E-state index in [1.54, 1.807) is 18.2 Å². The molecule has 2 aromatic rings. The first kappa shape index (κ1) is 20.8. The van der Waals surface area contributed by atoms with Gasteiger partial charge >= 0.3 is 6.09 Å². The molecule has 3 heterocycles. The molecule has 3 atom stereocenters. The van der Waals surface area contributed by atoms with Crippen molar-refractivity contribution in [1.29, 1.82) is 5.26 Å². The van der Waals surface area contributed by atoms with Crippen molar-refractivity contribution in [2.75, 3.05) is 5.32 Å². The smallest absolute Gasteiger partial charge is 0.410 e. The summed E-state index contributed by atoms with van der Waals surface area (Å²) in [5, 5.41) is 12.6. The minimum Gasteiger partial charge on any atom is -0.472 e. The highest BCUT2D eigenvalue weighted by molar-refractivity contribution is 6.33. The molecule has 0 spiro atoms. The molecule has 2 unspecified atom stereocenters. The lowest BCUT2D eigenvalue weighted by atomic mass is 9.98. The van der Waals surface area contributed by atoms with Gasteiger partial charge in [-0.25, -0.2) is 14.8 Å². The highest BCUT2D eigenvalue weighted by Crippen LogP contribution is 2.44. The van der Waals surface area contributed by atoms with Crippen LogP contribution in [0, 0.1) is 18.3 Å². The molecule has 0 radical (unpaired) electrons. The van der Waals surface area contributed by atoms with Crippen LogP contribution in [-0.4, -0.2) is 44.7 Å². The van der Waals surface area contributed by atoms with E-state index < -0.39 is 0 Å². The molecule has 1 aromatic carbocycles. The maximum Gasteiger partial charge on any atom is 0.410 e. The third-order valence-corrected chi connectivity index (χ3v) is 6.94. The number of rotatable bonds is 5. The Balaban J connectivity index is 1.30. The Labute approximate surface area is 191 Å². The van der Waals surface area contributed by atoms with Gasteiger partial charge in [0.2, 0.25) is 5.88 Å². The number of ether oxygens (including phenoxy) is 2. The Hall–Kier alpha value is -3.05. The van der Waals surface area contributed by atoms with Gasteiger partial charge in [-0.3, -0.25) is 4.90 Å². The molecule has 2 bridgehead atoms. The molecule has 1 aliphatic carbocycles. The van der Waals surface area contributed by atoms with Gasteiger partial charge in [0.25, 0.3) is 0 Å². The number of carbonyl (C=O) groups is 1. The Morgan fingerprint density at radius 3 is 2.88 bits per heavy atom. The van der Waals surface area contributed by atoms with Crippen LogP contribution in [0.3, 0.4) is 0 Å². The fourth-order valence-electron chi connectivity index (χ4n) is 4.52.